The van der Waals surface area contributed by atoms with E-state index in [1.165, 1.54) is 12.0 Å². The first kappa shape index (κ1) is 29.0. The molecule has 0 spiro atoms. The maximum atomic E-state index is 14.1. The first-order chi connectivity index (χ1) is 19.4. The van der Waals surface area contributed by atoms with Crippen molar-refractivity contribution in [2.24, 2.45) is 11.8 Å². The van der Waals surface area contributed by atoms with Crippen LogP contribution >= 0.6 is 15.9 Å². The van der Waals surface area contributed by atoms with Gasteiger partial charge in [-0.25, -0.2) is 9.59 Å². The predicted octanol–water partition coefficient (Wildman–Crippen LogP) is 4.16. The molecule has 2 aliphatic heterocycles. The number of alkyl carbamates (subject to hydrolysis) is 1. The fourth-order valence-electron chi connectivity index (χ4n) is 7.00. The second-order valence-electron chi connectivity index (χ2n) is 11.6. The lowest BCUT2D eigenvalue weighted by Gasteiger charge is -2.31. The lowest BCUT2D eigenvalue weighted by molar-refractivity contribution is -0.152. The maximum absolute atomic E-state index is 14.1. The van der Waals surface area contributed by atoms with Gasteiger partial charge in [0, 0.05) is 13.0 Å². The van der Waals surface area contributed by atoms with Crippen LogP contribution in [0.15, 0.2) is 21.4 Å². The van der Waals surface area contributed by atoms with Crippen molar-refractivity contribution >= 4 is 33.9 Å². The van der Waals surface area contributed by atoms with Gasteiger partial charge in [0.2, 0.25) is 5.91 Å². The van der Waals surface area contributed by atoms with Crippen LogP contribution in [0, 0.1) is 11.8 Å². The zero-order valence-corrected chi connectivity index (χ0v) is 24.7. The largest absolute Gasteiger partial charge is 0.473 e. The summed E-state index contributed by atoms with van der Waals surface area (Å²) in [6, 6.07) is 1.79. The van der Waals surface area contributed by atoms with Crippen molar-refractivity contribution < 1.29 is 28.6 Å². The highest BCUT2D eigenvalue weighted by Crippen LogP contribution is 2.34. The van der Waals surface area contributed by atoms with Crippen molar-refractivity contribution in [1.29, 1.82) is 0 Å². The van der Waals surface area contributed by atoms with Crippen LogP contribution < -0.4 is 15.6 Å². The molecule has 0 radical (unpaired) electrons. The van der Waals surface area contributed by atoms with Crippen molar-refractivity contribution in [3.05, 3.63) is 27.0 Å². The summed E-state index contributed by atoms with van der Waals surface area (Å²) in [7, 11) is 1.30. The van der Waals surface area contributed by atoms with E-state index < -0.39 is 30.3 Å². The number of carbonyl (C=O) groups excluding carboxylic acids is 3. The van der Waals surface area contributed by atoms with E-state index in [9.17, 15) is 19.2 Å². The molecule has 4 aliphatic rings. The fourth-order valence-corrected chi connectivity index (χ4v) is 7.34. The fraction of sp³-hybridized carbons (Fsp3) is 0.724. The van der Waals surface area contributed by atoms with Crippen molar-refractivity contribution in [2.45, 2.75) is 108 Å². The summed E-state index contributed by atoms with van der Waals surface area (Å²) >= 11 is 3.35. The Hall–Kier alpha value is -2.56. The summed E-state index contributed by atoms with van der Waals surface area (Å²) in [5.41, 5.74) is -0.171. The van der Waals surface area contributed by atoms with Crippen LogP contribution in [0.2, 0.25) is 0 Å². The maximum Gasteiger partial charge on any atom is 0.408 e. The minimum Gasteiger partial charge on any atom is -0.473 e. The molecule has 0 unspecified atom stereocenters. The van der Waals surface area contributed by atoms with Crippen molar-refractivity contribution in [2.75, 3.05) is 13.7 Å². The molecule has 1 aromatic rings. The first-order valence-electron chi connectivity index (χ1n) is 14.8. The quantitative estimate of drug-likeness (QED) is 0.493. The molecule has 0 aromatic carbocycles. The van der Waals surface area contributed by atoms with Crippen LogP contribution in [0.5, 0.6) is 5.88 Å². The number of nitrogens with one attached hydrogen (secondary N) is 1. The number of nitrogens with zero attached hydrogens (tertiary/aromatic N) is 2. The molecule has 5 rings (SSSR count). The van der Waals surface area contributed by atoms with E-state index in [0.29, 0.717) is 22.8 Å². The number of hydrogen-bond donors (Lipinski definition) is 1. The number of rotatable bonds is 2. The molecule has 1 saturated heterocycles. The topological polar surface area (TPSA) is 116 Å². The normalized spacial score (nSPS) is 30.4. The second-order valence-corrected chi connectivity index (χ2v) is 12.5. The number of hydrogen-bond acceptors (Lipinski definition) is 7. The summed E-state index contributed by atoms with van der Waals surface area (Å²) in [4.78, 5) is 54.6. The Morgan fingerprint density at radius 1 is 0.950 bits per heavy atom. The van der Waals surface area contributed by atoms with Gasteiger partial charge >= 0.3 is 12.1 Å². The number of methoxy groups -OCH3 is 1. The second kappa shape index (κ2) is 13.0. The first-order valence-corrected chi connectivity index (χ1v) is 15.6. The van der Waals surface area contributed by atoms with Crippen molar-refractivity contribution in [1.82, 2.24) is 14.8 Å². The third kappa shape index (κ3) is 6.34. The van der Waals surface area contributed by atoms with Gasteiger partial charge in [0.15, 0.2) is 5.88 Å². The third-order valence-corrected chi connectivity index (χ3v) is 9.71. The van der Waals surface area contributed by atoms with Crippen molar-refractivity contribution in [3.63, 3.8) is 0 Å². The molecule has 220 valence electrons. The molecule has 5 atom stereocenters. The lowest BCUT2D eigenvalue weighted by Crippen LogP contribution is -2.55. The van der Waals surface area contributed by atoms with Gasteiger partial charge in [0.05, 0.1) is 18.1 Å². The van der Waals surface area contributed by atoms with Gasteiger partial charge in [-0.2, -0.15) is 0 Å². The molecular formula is C29H40BrN3O7. The monoisotopic (exact) mass is 621 g/mol. The zero-order chi connectivity index (χ0) is 28.2. The number of aromatic nitrogens is 1. The predicted molar refractivity (Wildman–Crippen MR) is 150 cm³/mol. The Morgan fingerprint density at radius 2 is 1.68 bits per heavy atom. The average molecular weight is 623 g/mol. The highest BCUT2D eigenvalue weighted by atomic mass is 79.9. The van der Waals surface area contributed by atoms with E-state index >= 15 is 0 Å². The third-order valence-electron chi connectivity index (χ3n) is 9.11. The van der Waals surface area contributed by atoms with Crippen molar-refractivity contribution in [3.8, 4) is 5.88 Å². The molecule has 10 nitrogen and oxygen atoms in total. The highest BCUT2D eigenvalue weighted by Gasteiger charge is 2.46. The van der Waals surface area contributed by atoms with Gasteiger partial charge < -0.3 is 24.4 Å². The van der Waals surface area contributed by atoms with Gasteiger partial charge in [-0.05, 0) is 84.8 Å². The van der Waals surface area contributed by atoms with Gasteiger partial charge in [0.1, 0.15) is 24.3 Å². The minimum absolute atomic E-state index is 0.0278. The van der Waals surface area contributed by atoms with E-state index in [1.807, 2.05) is 0 Å². The molecule has 2 bridgehead atoms. The molecule has 40 heavy (non-hydrogen) atoms. The Morgan fingerprint density at radius 3 is 2.45 bits per heavy atom. The lowest BCUT2D eigenvalue weighted by atomic mass is 9.96. The Balaban J connectivity index is 1.46. The number of amides is 2. The smallest absolute Gasteiger partial charge is 0.408 e. The standard InChI is InChI=1S/C29H40BrN3O7/c1-38-28(36)22-16-20-17-33(22)27(35)25(19-9-4-5-10-19)31-29(37)40-23-12-7-11-18(23)8-3-2-6-15-32-24(39-20)14-13-21(30)26(32)34/h13-14,18-20,22-23,25H,2-12,15-17H2,1H3,(H,31,37)/t18-,20-,22+,23-,25+/m1/s1. The van der Waals surface area contributed by atoms with E-state index in [2.05, 4.69) is 21.2 Å². The number of fused-ring (bicyclic) bond motifs is 4. The van der Waals surface area contributed by atoms with Crippen LogP contribution in [0.25, 0.3) is 0 Å². The Kier molecular flexibility index (Phi) is 9.38. The Labute approximate surface area is 243 Å². The molecule has 2 aliphatic carbocycles. The number of esters is 1. The summed E-state index contributed by atoms with van der Waals surface area (Å²) in [6.45, 7) is 0.646. The molecule has 2 saturated carbocycles. The van der Waals surface area contributed by atoms with Crippen LogP contribution in [0.1, 0.15) is 77.0 Å². The number of ether oxygens (including phenoxy) is 3. The molecule has 3 fully saturated rings. The summed E-state index contributed by atoms with van der Waals surface area (Å²) in [5.74, 6) is -0.161. The molecule has 2 amide bonds. The van der Waals surface area contributed by atoms with E-state index in [4.69, 9.17) is 14.2 Å². The van der Waals surface area contributed by atoms with E-state index in [-0.39, 0.29) is 36.5 Å². The van der Waals surface area contributed by atoms with Gasteiger partial charge in [0.25, 0.3) is 5.56 Å². The Bertz CT molecular complexity index is 1150. The van der Waals surface area contributed by atoms with Gasteiger partial charge in [-0.3, -0.25) is 14.2 Å². The molecule has 1 N–H and O–H groups in total. The molecule has 1 aromatic heterocycles. The van der Waals surface area contributed by atoms with Crippen LogP contribution in [0.3, 0.4) is 0 Å². The molecule has 11 heteroatoms. The molecular weight excluding hydrogens is 582 g/mol. The van der Waals surface area contributed by atoms with Crippen LogP contribution in [0.4, 0.5) is 4.79 Å². The van der Waals surface area contributed by atoms with Crippen LogP contribution in [-0.4, -0.2) is 65.4 Å². The zero-order valence-electron chi connectivity index (χ0n) is 23.1. The van der Waals surface area contributed by atoms with E-state index in [0.717, 1.165) is 70.6 Å². The summed E-state index contributed by atoms with van der Waals surface area (Å²) in [5, 5.41) is 2.92. The number of halogens is 1. The SMILES string of the molecule is COC(=O)[C@@H]1C[C@@H]2CN1C(=O)[C@H](C1CCCC1)NC(=O)O[C@@H]1CCC[C@H]1CCCCCn1c(ccc(Br)c1=O)O2. The van der Waals surface area contributed by atoms with Gasteiger partial charge in [-0.15, -0.1) is 0 Å². The minimum atomic E-state index is -0.846. The number of carbonyl (C=O) groups is 3. The summed E-state index contributed by atoms with van der Waals surface area (Å²) < 4.78 is 19.4. The van der Waals surface area contributed by atoms with Gasteiger partial charge in [-0.1, -0.05) is 25.7 Å². The number of pyridine rings is 1. The van der Waals surface area contributed by atoms with Crippen LogP contribution in [-0.2, 0) is 25.6 Å². The highest BCUT2D eigenvalue weighted by molar-refractivity contribution is 9.10. The summed E-state index contributed by atoms with van der Waals surface area (Å²) in [6.07, 6.45) is 9.15. The molecule has 3 heterocycles. The van der Waals surface area contributed by atoms with E-state index in [1.54, 1.807) is 16.7 Å². The average Bonchev–Trinajstić information content (AvgIpc) is 3.71.